The Morgan fingerprint density at radius 3 is 2.59 bits per heavy atom. The predicted octanol–water partition coefficient (Wildman–Crippen LogP) is 2.82. The molecular weight excluding hydrogens is 238 g/mol. The molecule has 4 heteroatoms. The topological polar surface area (TPSA) is 30.5 Å². The van der Waals surface area contributed by atoms with Gasteiger partial charge in [0.1, 0.15) is 11.5 Å². The third-order valence-corrected chi connectivity index (χ3v) is 3.54. The van der Waals surface area contributed by atoms with Gasteiger partial charge in [-0.2, -0.15) is 0 Å². The van der Waals surface area contributed by atoms with Gasteiger partial charge in [-0.25, -0.2) is 0 Å². The van der Waals surface area contributed by atoms with Crippen LogP contribution in [0, 0.1) is 0 Å². The van der Waals surface area contributed by atoms with Gasteiger partial charge in [0.2, 0.25) is 0 Å². The van der Waals surface area contributed by atoms with E-state index < -0.39 is 0 Å². The molecule has 1 saturated heterocycles. The second kappa shape index (κ2) is 5.61. The molecule has 1 aliphatic heterocycles. The summed E-state index contributed by atoms with van der Waals surface area (Å²) in [4.78, 5) is 0. The first-order valence-corrected chi connectivity index (χ1v) is 6.26. The van der Waals surface area contributed by atoms with Gasteiger partial charge >= 0.3 is 0 Å². The molecule has 1 fully saturated rings. The van der Waals surface area contributed by atoms with Gasteiger partial charge in [0.05, 0.1) is 19.2 Å². The predicted molar refractivity (Wildman–Crippen MR) is 69.4 cm³/mol. The van der Waals surface area contributed by atoms with E-state index in [4.69, 9.17) is 21.1 Å². The zero-order valence-corrected chi connectivity index (χ0v) is 11.0. The SMILES string of the molecule is COc1cc([C@H]2CCCNC2)c(OC)cc1Cl. The summed E-state index contributed by atoms with van der Waals surface area (Å²) in [6.07, 6.45) is 2.37. The first kappa shape index (κ1) is 12.5. The second-order valence-corrected chi connectivity index (χ2v) is 4.68. The fraction of sp³-hybridized carbons (Fsp3) is 0.538. The van der Waals surface area contributed by atoms with E-state index in [2.05, 4.69) is 5.32 Å². The third kappa shape index (κ3) is 2.67. The first-order chi connectivity index (χ1) is 8.26. The molecule has 0 aromatic heterocycles. The third-order valence-electron chi connectivity index (χ3n) is 3.24. The molecule has 17 heavy (non-hydrogen) atoms. The molecule has 0 spiro atoms. The van der Waals surface area contributed by atoms with Gasteiger partial charge in [-0.05, 0) is 25.5 Å². The Morgan fingerprint density at radius 2 is 2.00 bits per heavy atom. The van der Waals surface area contributed by atoms with E-state index in [1.165, 1.54) is 18.4 Å². The summed E-state index contributed by atoms with van der Waals surface area (Å²) in [7, 11) is 3.31. The molecule has 0 bridgehead atoms. The van der Waals surface area contributed by atoms with Crippen molar-refractivity contribution in [2.75, 3.05) is 27.3 Å². The van der Waals surface area contributed by atoms with Crippen molar-refractivity contribution in [1.29, 1.82) is 0 Å². The van der Waals surface area contributed by atoms with Gasteiger partial charge in [0.15, 0.2) is 0 Å². The van der Waals surface area contributed by atoms with Crippen molar-refractivity contribution < 1.29 is 9.47 Å². The van der Waals surface area contributed by atoms with Crippen molar-refractivity contribution in [2.24, 2.45) is 0 Å². The standard InChI is InChI=1S/C13H18ClNO2/c1-16-12-7-11(14)13(17-2)6-10(12)9-4-3-5-15-8-9/h6-7,9,15H,3-5,8H2,1-2H3/t9-/m0/s1. The molecule has 3 nitrogen and oxygen atoms in total. The van der Waals surface area contributed by atoms with Crippen LogP contribution in [0.5, 0.6) is 11.5 Å². The Morgan fingerprint density at radius 1 is 1.24 bits per heavy atom. The highest BCUT2D eigenvalue weighted by molar-refractivity contribution is 6.32. The summed E-state index contributed by atoms with van der Waals surface area (Å²) in [5.41, 5.74) is 1.18. The van der Waals surface area contributed by atoms with Gasteiger partial charge < -0.3 is 14.8 Å². The van der Waals surface area contributed by atoms with E-state index in [9.17, 15) is 0 Å². The van der Waals surface area contributed by atoms with Crippen LogP contribution in [-0.2, 0) is 0 Å². The van der Waals surface area contributed by atoms with Crippen LogP contribution < -0.4 is 14.8 Å². The van der Waals surface area contributed by atoms with Crippen molar-refractivity contribution in [1.82, 2.24) is 5.32 Å². The highest BCUT2D eigenvalue weighted by Gasteiger charge is 2.20. The lowest BCUT2D eigenvalue weighted by Gasteiger charge is -2.25. The molecule has 2 rings (SSSR count). The highest BCUT2D eigenvalue weighted by Crippen LogP contribution is 2.38. The number of hydrogen-bond acceptors (Lipinski definition) is 3. The number of halogens is 1. The highest BCUT2D eigenvalue weighted by atomic mass is 35.5. The van der Waals surface area contributed by atoms with Crippen molar-refractivity contribution in [2.45, 2.75) is 18.8 Å². The van der Waals surface area contributed by atoms with Crippen LogP contribution in [0.1, 0.15) is 24.3 Å². The number of ether oxygens (including phenoxy) is 2. The molecule has 1 aromatic carbocycles. The summed E-state index contributed by atoms with van der Waals surface area (Å²) in [6.45, 7) is 2.09. The average molecular weight is 256 g/mol. The van der Waals surface area contributed by atoms with Crippen LogP contribution in [0.15, 0.2) is 12.1 Å². The zero-order valence-electron chi connectivity index (χ0n) is 10.3. The lowest BCUT2D eigenvalue weighted by atomic mass is 9.91. The molecule has 0 aliphatic carbocycles. The van der Waals surface area contributed by atoms with E-state index in [1.54, 1.807) is 14.2 Å². The number of benzene rings is 1. The molecule has 1 aliphatic rings. The quantitative estimate of drug-likeness (QED) is 0.901. The molecule has 1 atom stereocenters. The number of nitrogens with one attached hydrogen (secondary N) is 1. The molecule has 1 aromatic rings. The maximum absolute atomic E-state index is 6.10. The lowest BCUT2D eigenvalue weighted by Crippen LogP contribution is -2.28. The fourth-order valence-electron chi connectivity index (χ4n) is 2.32. The van der Waals surface area contributed by atoms with Crippen LogP contribution in [0.4, 0.5) is 0 Å². The Hall–Kier alpha value is -0.930. The summed E-state index contributed by atoms with van der Waals surface area (Å²) in [5.74, 6) is 2.04. The maximum atomic E-state index is 6.10. The second-order valence-electron chi connectivity index (χ2n) is 4.27. The molecule has 94 valence electrons. The minimum Gasteiger partial charge on any atom is -0.496 e. The maximum Gasteiger partial charge on any atom is 0.138 e. The first-order valence-electron chi connectivity index (χ1n) is 5.88. The van der Waals surface area contributed by atoms with Gasteiger partial charge in [0.25, 0.3) is 0 Å². The monoisotopic (exact) mass is 255 g/mol. The average Bonchev–Trinajstić information content (AvgIpc) is 2.39. The largest absolute Gasteiger partial charge is 0.496 e. The number of rotatable bonds is 3. The van der Waals surface area contributed by atoms with Crippen LogP contribution in [-0.4, -0.2) is 27.3 Å². The van der Waals surface area contributed by atoms with Crippen LogP contribution >= 0.6 is 11.6 Å². The van der Waals surface area contributed by atoms with Gasteiger partial charge in [-0.15, -0.1) is 0 Å². The smallest absolute Gasteiger partial charge is 0.138 e. The van der Waals surface area contributed by atoms with Crippen molar-refractivity contribution >= 4 is 11.6 Å². The molecule has 0 amide bonds. The number of piperidine rings is 1. The van der Waals surface area contributed by atoms with E-state index in [1.807, 2.05) is 12.1 Å². The van der Waals surface area contributed by atoms with Gasteiger partial charge in [0, 0.05) is 24.1 Å². The molecule has 0 saturated carbocycles. The van der Waals surface area contributed by atoms with Crippen molar-refractivity contribution in [3.63, 3.8) is 0 Å². The minimum absolute atomic E-state index is 0.477. The molecule has 1 heterocycles. The summed E-state index contributed by atoms with van der Waals surface area (Å²) < 4.78 is 10.7. The van der Waals surface area contributed by atoms with E-state index in [0.29, 0.717) is 16.7 Å². The van der Waals surface area contributed by atoms with Crippen molar-refractivity contribution in [3.8, 4) is 11.5 Å². The molecule has 1 N–H and O–H groups in total. The Kier molecular flexibility index (Phi) is 4.13. The molecule has 0 unspecified atom stereocenters. The summed E-state index contributed by atoms with van der Waals surface area (Å²) >= 11 is 6.10. The fourth-order valence-corrected chi connectivity index (χ4v) is 2.55. The minimum atomic E-state index is 0.477. The van der Waals surface area contributed by atoms with E-state index in [-0.39, 0.29) is 0 Å². The number of methoxy groups -OCH3 is 2. The van der Waals surface area contributed by atoms with E-state index >= 15 is 0 Å². The lowest BCUT2D eigenvalue weighted by molar-refractivity contribution is 0.384. The number of hydrogen-bond donors (Lipinski definition) is 1. The van der Waals surface area contributed by atoms with Crippen molar-refractivity contribution in [3.05, 3.63) is 22.7 Å². The van der Waals surface area contributed by atoms with Crippen LogP contribution in [0.2, 0.25) is 5.02 Å². The summed E-state index contributed by atoms with van der Waals surface area (Å²) in [6, 6.07) is 3.84. The van der Waals surface area contributed by atoms with Crippen LogP contribution in [0.25, 0.3) is 0 Å². The molecule has 0 radical (unpaired) electrons. The van der Waals surface area contributed by atoms with Crippen LogP contribution in [0.3, 0.4) is 0 Å². The van der Waals surface area contributed by atoms with Gasteiger partial charge in [-0.3, -0.25) is 0 Å². The van der Waals surface area contributed by atoms with Gasteiger partial charge in [-0.1, -0.05) is 11.6 Å². The normalized spacial score (nSPS) is 20.1. The Balaban J connectivity index is 2.35. The Bertz CT molecular complexity index is 389. The summed E-state index contributed by atoms with van der Waals surface area (Å²) in [5, 5.41) is 4.00. The Labute approximate surface area is 107 Å². The van der Waals surface area contributed by atoms with E-state index in [0.717, 1.165) is 18.8 Å². The molecular formula is C13H18ClNO2. The zero-order chi connectivity index (χ0) is 12.3.